The summed E-state index contributed by atoms with van der Waals surface area (Å²) in [4.78, 5) is 5.35. The molecule has 0 saturated carbocycles. The van der Waals surface area contributed by atoms with Crippen LogP contribution in [0, 0.1) is 0 Å². The first kappa shape index (κ1) is 9.45. The highest BCUT2D eigenvalue weighted by Gasteiger charge is 2.08. The molecule has 0 atom stereocenters. The van der Waals surface area contributed by atoms with Crippen LogP contribution in [0.2, 0.25) is 0 Å². The fourth-order valence-corrected chi connectivity index (χ4v) is 1.87. The first-order valence-corrected chi connectivity index (χ1v) is 4.43. The van der Waals surface area contributed by atoms with Crippen LogP contribution in [-0.4, -0.2) is 11.8 Å². The van der Waals surface area contributed by atoms with Crippen LogP contribution in [0.25, 0.3) is 5.03 Å². The minimum absolute atomic E-state index is 0.00262. The van der Waals surface area contributed by atoms with Gasteiger partial charge in [0.05, 0.1) is 22.2 Å². The van der Waals surface area contributed by atoms with Gasteiger partial charge >= 0.3 is 0 Å². The van der Waals surface area contributed by atoms with E-state index in [4.69, 9.17) is 16.7 Å². The van der Waals surface area contributed by atoms with Crippen molar-refractivity contribution in [3.63, 3.8) is 0 Å². The van der Waals surface area contributed by atoms with Crippen molar-refractivity contribution < 1.29 is 5.11 Å². The Bertz CT molecular complexity index is 319. The molecule has 0 radical (unpaired) electrons. The minimum Gasteiger partial charge on any atom is -0.391 e. The summed E-state index contributed by atoms with van der Waals surface area (Å²) in [7, 11) is 0. The molecule has 12 heavy (non-hydrogen) atoms. The van der Waals surface area contributed by atoms with Gasteiger partial charge in [-0.15, -0.1) is 11.3 Å². The van der Waals surface area contributed by atoms with Gasteiger partial charge in [0, 0.05) is 4.88 Å². The number of aliphatic imine (C=N–C) groups is 1. The molecule has 1 N–H and O–H groups in total. The smallest absolute Gasteiger partial charge is 0.0821 e. The van der Waals surface area contributed by atoms with Crippen molar-refractivity contribution in [3.8, 4) is 0 Å². The second-order valence-electron chi connectivity index (χ2n) is 2.15. The van der Waals surface area contributed by atoms with Gasteiger partial charge in [-0.3, -0.25) is 4.99 Å². The quantitative estimate of drug-likeness (QED) is 0.750. The maximum absolute atomic E-state index is 8.83. The monoisotopic (exact) mass is 201 g/mol. The second kappa shape index (κ2) is 3.85. The number of nitrogens with zero attached hydrogens (tertiary/aromatic N) is 1. The van der Waals surface area contributed by atoms with Gasteiger partial charge in [-0.2, -0.15) is 0 Å². The second-order valence-corrected chi connectivity index (χ2v) is 3.74. The Morgan fingerprint density at radius 3 is 2.75 bits per heavy atom. The third kappa shape index (κ3) is 1.75. The van der Waals surface area contributed by atoms with Gasteiger partial charge in [0.2, 0.25) is 0 Å². The highest BCUT2D eigenvalue weighted by atomic mass is 35.5. The Morgan fingerprint density at radius 1 is 1.75 bits per heavy atom. The van der Waals surface area contributed by atoms with E-state index in [1.165, 1.54) is 11.3 Å². The van der Waals surface area contributed by atoms with Gasteiger partial charge in [-0.05, 0) is 12.8 Å². The summed E-state index contributed by atoms with van der Waals surface area (Å²) in [6.07, 6.45) is 0. The first-order valence-electron chi connectivity index (χ1n) is 3.24. The molecule has 4 heteroatoms. The van der Waals surface area contributed by atoms with Crippen LogP contribution in [0.4, 0.5) is 5.69 Å². The third-order valence-corrected chi connectivity index (χ3v) is 2.81. The molecule has 0 aliphatic carbocycles. The molecular formula is C8H8ClNOS. The van der Waals surface area contributed by atoms with E-state index >= 15 is 0 Å². The number of aliphatic hydroxyl groups is 1. The zero-order valence-electron chi connectivity index (χ0n) is 6.38. The highest BCUT2D eigenvalue weighted by Crippen LogP contribution is 2.35. The number of halogens is 1. The predicted molar refractivity (Wildman–Crippen MR) is 54.3 cm³/mol. The van der Waals surface area contributed by atoms with Gasteiger partial charge in [-0.1, -0.05) is 18.2 Å². The zero-order valence-corrected chi connectivity index (χ0v) is 7.95. The number of rotatable bonds is 3. The molecular weight excluding hydrogens is 194 g/mol. The topological polar surface area (TPSA) is 32.6 Å². The maximum atomic E-state index is 8.83. The lowest BCUT2D eigenvalue weighted by Crippen LogP contribution is -1.70. The molecule has 1 heterocycles. The van der Waals surface area contributed by atoms with E-state index in [0.29, 0.717) is 10.7 Å². The van der Waals surface area contributed by atoms with Crippen molar-refractivity contribution in [1.82, 2.24) is 0 Å². The van der Waals surface area contributed by atoms with E-state index in [1.807, 2.05) is 0 Å². The summed E-state index contributed by atoms with van der Waals surface area (Å²) in [5.41, 5.74) is 0.684. The highest BCUT2D eigenvalue weighted by molar-refractivity contribution is 7.14. The van der Waals surface area contributed by atoms with Gasteiger partial charge in [0.15, 0.2) is 0 Å². The van der Waals surface area contributed by atoms with Crippen molar-refractivity contribution in [2.45, 2.75) is 6.61 Å². The number of thiophene rings is 1. The van der Waals surface area contributed by atoms with E-state index in [9.17, 15) is 0 Å². The summed E-state index contributed by atoms with van der Waals surface area (Å²) in [6.45, 7) is 6.98. The average Bonchev–Trinajstić information content (AvgIpc) is 2.47. The van der Waals surface area contributed by atoms with Crippen LogP contribution in [0.15, 0.2) is 17.6 Å². The van der Waals surface area contributed by atoms with Crippen molar-refractivity contribution in [3.05, 3.63) is 22.4 Å². The van der Waals surface area contributed by atoms with Crippen molar-refractivity contribution >= 4 is 40.4 Å². The lowest BCUT2D eigenvalue weighted by Gasteiger charge is -1.91. The zero-order chi connectivity index (χ0) is 9.14. The molecule has 0 amide bonds. The molecule has 64 valence electrons. The van der Waals surface area contributed by atoms with Gasteiger partial charge < -0.3 is 5.11 Å². The molecule has 0 spiro atoms. The summed E-state index contributed by atoms with van der Waals surface area (Å²) < 4.78 is 0. The average molecular weight is 202 g/mol. The molecule has 0 unspecified atom stereocenters. The predicted octanol–water partition coefficient (Wildman–Crippen LogP) is 2.78. The summed E-state index contributed by atoms with van der Waals surface area (Å²) >= 11 is 7.08. The van der Waals surface area contributed by atoms with Gasteiger partial charge in [0.25, 0.3) is 0 Å². The standard InChI is InChI=1S/C8H8ClNOS/c1-5(9)8-7(10-2)3-6(4-11)12-8/h3,11H,1-2,4H2. The van der Waals surface area contributed by atoms with Crippen molar-refractivity contribution in [2.75, 3.05) is 0 Å². The summed E-state index contributed by atoms with van der Waals surface area (Å²) in [5.74, 6) is 0. The van der Waals surface area contributed by atoms with Crippen LogP contribution in [0.3, 0.4) is 0 Å². The van der Waals surface area contributed by atoms with Crippen LogP contribution in [0.5, 0.6) is 0 Å². The summed E-state index contributed by atoms with van der Waals surface area (Å²) in [6, 6.07) is 1.75. The molecule has 0 saturated heterocycles. The normalized spacial score (nSPS) is 9.83. The van der Waals surface area contributed by atoms with Crippen LogP contribution in [-0.2, 0) is 6.61 Å². The molecule has 0 aliphatic rings. The van der Waals surface area contributed by atoms with Crippen LogP contribution < -0.4 is 0 Å². The summed E-state index contributed by atoms with van der Waals surface area (Å²) in [5, 5.41) is 9.26. The number of hydrogen-bond acceptors (Lipinski definition) is 3. The molecule has 1 aromatic rings. The fourth-order valence-electron chi connectivity index (χ4n) is 0.821. The minimum atomic E-state index is -0.00262. The SMILES string of the molecule is C=Nc1cc(CO)sc1C(=C)Cl. The van der Waals surface area contributed by atoms with Crippen molar-refractivity contribution in [1.29, 1.82) is 0 Å². The number of hydrogen-bond donors (Lipinski definition) is 1. The van der Waals surface area contributed by atoms with Gasteiger partial charge in [-0.25, -0.2) is 0 Å². The third-order valence-electron chi connectivity index (χ3n) is 1.34. The molecule has 1 rings (SSSR count). The van der Waals surface area contributed by atoms with E-state index in [1.54, 1.807) is 6.07 Å². The van der Waals surface area contributed by atoms with E-state index in [2.05, 4.69) is 18.3 Å². The van der Waals surface area contributed by atoms with Crippen molar-refractivity contribution in [2.24, 2.45) is 4.99 Å². The van der Waals surface area contributed by atoms with Crippen LogP contribution >= 0.6 is 22.9 Å². The Hall–Kier alpha value is -0.640. The van der Waals surface area contributed by atoms with Gasteiger partial charge in [0.1, 0.15) is 0 Å². The van der Waals surface area contributed by atoms with E-state index < -0.39 is 0 Å². The molecule has 0 bridgehead atoms. The molecule has 2 nitrogen and oxygen atoms in total. The lowest BCUT2D eigenvalue weighted by molar-refractivity contribution is 0.285. The maximum Gasteiger partial charge on any atom is 0.0821 e. The fraction of sp³-hybridized carbons (Fsp3) is 0.125. The first-order chi connectivity index (χ1) is 5.69. The Morgan fingerprint density at radius 2 is 2.42 bits per heavy atom. The Balaban J connectivity index is 3.16. The molecule has 0 aromatic carbocycles. The molecule has 0 fully saturated rings. The Labute approximate surface area is 79.8 Å². The largest absolute Gasteiger partial charge is 0.391 e. The Kier molecular flexibility index (Phi) is 3.03. The van der Waals surface area contributed by atoms with E-state index in [-0.39, 0.29) is 6.61 Å². The number of aliphatic hydroxyl groups excluding tert-OH is 1. The lowest BCUT2D eigenvalue weighted by atomic mass is 10.3. The van der Waals surface area contributed by atoms with E-state index in [0.717, 1.165) is 9.75 Å². The van der Waals surface area contributed by atoms with Crippen LogP contribution in [0.1, 0.15) is 9.75 Å². The molecule has 1 aromatic heterocycles. The molecule has 0 aliphatic heterocycles.